The number of piperidine rings is 2. The fraction of sp³-hybridized carbons (Fsp3) is 0.522. The van der Waals surface area contributed by atoms with Crippen LogP contribution in [0, 0.1) is 12.8 Å². The molecule has 0 amide bonds. The SMILES string of the molecule is Cc1ccc(Nc2ncc(C(F)(F)F)c(NCC3CCCN4CCCCC34)n2)cc1-n1cnnn1. The lowest BCUT2D eigenvalue weighted by atomic mass is 9.83. The number of tetrazole rings is 1. The lowest BCUT2D eigenvalue weighted by Crippen LogP contribution is -2.49. The second-order valence-corrected chi connectivity index (χ2v) is 9.22. The van der Waals surface area contributed by atoms with Gasteiger partial charge in [-0.2, -0.15) is 18.2 Å². The largest absolute Gasteiger partial charge is 0.421 e. The van der Waals surface area contributed by atoms with E-state index in [1.165, 1.54) is 23.9 Å². The highest BCUT2D eigenvalue weighted by atomic mass is 19.4. The first-order valence-corrected chi connectivity index (χ1v) is 11.9. The van der Waals surface area contributed by atoms with Gasteiger partial charge in [0.15, 0.2) is 0 Å². The minimum atomic E-state index is -4.55. The van der Waals surface area contributed by atoms with E-state index in [-0.39, 0.29) is 11.8 Å². The molecule has 2 atom stereocenters. The van der Waals surface area contributed by atoms with Crippen molar-refractivity contribution < 1.29 is 13.2 Å². The average Bonchev–Trinajstić information content (AvgIpc) is 3.38. The Morgan fingerprint density at radius 2 is 1.97 bits per heavy atom. The van der Waals surface area contributed by atoms with Crippen molar-refractivity contribution in [1.82, 2.24) is 35.1 Å². The summed E-state index contributed by atoms with van der Waals surface area (Å²) in [4.78, 5) is 10.7. The highest BCUT2D eigenvalue weighted by Gasteiger charge is 2.37. The van der Waals surface area contributed by atoms with E-state index in [1.807, 2.05) is 13.0 Å². The summed E-state index contributed by atoms with van der Waals surface area (Å²) in [6.07, 6.45) is 3.31. The number of hydrogen-bond acceptors (Lipinski definition) is 8. The maximum absolute atomic E-state index is 13.7. The van der Waals surface area contributed by atoms with E-state index in [2.05, 4.69) is 41.0 Å². The predicted octanol–water partition coefficient (Wildman–Crippen LogP) is 4.20. The average molecular weight is 488 g/mol. The first kappa shape index (κ1) is 23.5. The molecule has 2 aliphatic rings. The molecule has 9 nitrogen and oxygen atoms in total. The molecule has 3 aromatic rings. The minimum Gasteiger partial charge on any atom is -0.369 e. The summed E-state index contributed by atoms with van der Waals surface area (Å²) in [5.41, 5.74) is 1.41. The van der Waals surface area contributed by atoms with E-state index < -0.39 is 11.7 Å². The topological polar surface area (TPSA) is 96.7 Å². The number of nitrogens with one attached hydrogen (secondary N) is 2. The van der Waals surface area contributed by atoms with Gasteiger partial charge < -0.3 is 15.5 Å². The first-order valence-electron chi connectivity index (χ1n) is 11.9. The van der Waals surface area contributed by atoms with Crippen LogP contribution in [0.4, 0.5) is 30.6 Å². The van der Waals surface area contributed by atoms with Crippen molar-refractivity contribution in [1.29, 1.82) is 0 Å². The van der Waals surface area contributed by atoms with Crippen LogP contribution in [0.3, 0.4) is 0 Å². The number of benzene rings is 1. The normalized spacial score (nSPS) is 20.9. The van der Waals surface area contributed by atoms with Gasteiger partial charge in [0, 0.05) is 24.5 Å². The van der Waals surface area contributed by atoms with Crippen molar-refractivity contribution in [2.24, 2.45) is 5.92 Å². The van der Waals surface area contributed by atoms with Crippen molar-refractivity contribution in [3.05, 3.63) is 41.9 Å². The number of nitrogens with zero attached hydrogens (tertiary/aromatic N) is 7. The van der Waals surface area contributed by atoms with Gasteiger partial charge in [0.25, 0.3) is 0 Å². The molecule has 2 aliphatic heterocycles. The Bertz CT molecular complexity index is 1150. The van der Waals surface area contributed by atoms with E-state index in [0.29, 0.717) is 24.2 Å². The van der Waals surface area contributed by atoms with Crippen LogP contribution in [0.25, 0.3) is 5.69 Å². The maximum Gasteiger partial charge on any atom is 0.421 e. The molecule has 35 heavy (non-hydrogen) atoms. The Labute approximate surface area is 201 Å². The molecule has 1 aromatic carbocycles. The summed E-state index contributed by atoms with van der Waals surface area (Å²) in [5.74, 6) is 0.179. The molecule has 0 aliphatic carbocycles. The Balaban J connectivity index is 1.36. The van der Waals surface area contributed by atoms with Gasteiger partial charge in [-0.05, 0) is 79.7 Å². The zero-order chi connectivity index (χ0) is 24.4. The van der Waals surface area contributed by atoms with Crippen LogP contribution < -0.4 is 10.6 Å². The summed E-state index contributed by atoms with van der Waals surface area (Å²) in [6, 6.07) is 5.88. The van der Waals surface area contributed by atoms with E-state index >= 15 is 0 Å². The molecule has 12 heteroatoms. The van der Waals surface area contributed by atoms with Crippen LogP contribution in [0.5, 0.6) is 0 Å². The zero-order valence-corrected chi connectivity index (χ0v) is 19.5. The highest BCUT2D eigenvalue weighted by molar-refractivity contribution is 5.61. The predicted molar refractivity (Wildman–Crippen MR) is 125 cm³/mol. The van der Waals surface area contributed by atoms with Gasteiger partial charge in [0.1, 0.15) is 17.7 Å². The first-order chi connectivity index (χ1) is 16.9. The zero-order valence-electron chi connectivity index (χ0n) is 19.5. The Morgan fingerprint density at radius 3 is 2.77 bits per heavy atom. The number of alkyl halides is 3. The number of aryl methyl sites for hydroxylation is 1. The third kappa shape index (κ3) is 5.21. The molecule has 0 saturated carbocycles. The van der Waals surface area contributed by atoms with Gasteiger partial charge in [-0.25, -0.2) is 9.67 Å². The molecule has 2 unspecified atom stereocenters. The smallest absolute Gasteiger partial charge is 0.369 e. The van der Waals surface area contributed by atoms with E-state index in [9.17, 15) is 13.2 Å². The number of halogens is 3. The van der Waals surface area contributed by atoms with Crippen LogP contribution >= 0.6 is 0 Å². The summed E-state index contributed by atoms with van der Waals surface area (Å²) in [7, 11) is 0. The molecule has 0 spiro atoms. The van der Waals surface area contributed by atoms with E-state index in [1.54, 1.807) is 12.1 Å². The van der Waals surface area contributed by atoms with Crippen LogP contribution in [0.15, 0.2) is 30.7 Å². The van der Waals surface area contributed by atoms with Gasteiger partial charge in [0.05, 0.1) is 5.69 Å². The number of anilines is 3. The summed E-state index contributed by atoms with van der Waals surface area (Å²) >= 11 is 0. The van der Waals surface area contributed by atoms with Gasteiger partial charge in [-0.3, -0.25) is 0 Å². The van der Waals surface area contributed by atoms with Gasteiger partial charge in [-0.15, -0.1) is 5.10 Å². The van der Waals surface area contributed by atoms with E-state index in [0.717, 1.165) is 49.8 Å². The molecular weight excluding hydrogens is 459 g/mol. The quantitative estimate of drug-likeness (QED) is 0.534. The van der Waals surface area contributed by atoms with Gasteiger partial charge in [-0.1, -0.05) is 12.5 Å². The lowest BCUT2D eigenvalue weighted by molar-refractivity contribution is -0.137. The minimum absolute atomic E-state index is 0.0787. The molecule has 4 heterocycles. The number of aromatic nitrogens is 6. The van der Waals surface area contributed by atoms with Crippen molar-refractivity contribution in [3.63, 3.8) is 0 Å². The fourth-order valence-electron chi connectivity index (χ4n) is 5.16. The van der Waals surface area contributed by atoms with Crippen LogP contribution in [0.2, 0.25) is 0 Å². The Kier molecular flexibility index (Phi) is 6.54. The molecule has 2 fully saturated rings. The van der Waals surface area contributed by atoms with Crippen molar-refractivity contribution in [2.45, 2.75) is 51.2 Å². The Morgan fingerprint density at radius 1 is 1.11 bits per heavy atom. The van der Waals surface area contributed by atoms with Crippen molar-refractivity contribution in [2.75, 3.05) is 30.3 Å². The second-order valence-electron chi connectivity index (χ2n) is 9.22. The second kappa shape index (κ2) is 9.76. The monoisotopic (exact) mass is 487 g/mol. The number of rotatable bonds is 6. The lowest BCUT2D eigenvalue weighted by Gasteiger charge is -2.44. The summed E-state index contributed by atoms with van der Waals surface area (Å²) in [5, 5.41) is 17.2. The molecule has 186 valence electrons. The van der Waals surface area contributed by atoms with E-state index in [4.69, 9.17) is 0 Å². The molecule has 0 radical (unpaired) electrons. The van der Waals surface area contributed by atoms with Crippen molar-refractivity contribution in [3.8, 4) is 5.69 Å². The molecule has 0 bridgehead atoms. The van der Waals surface area contributed by atoms with Crippen molar-refractivity contribution >= 4 is 17.5 Å². The molecule has 5 rings (SSSR count). The van der Waals surface area contributed by atoms with Gasteiger partial charge in [0.2, 0.25) is 5.95 Å². The Hall–Kier alpha value is -3.28. The van der Waals surface area contributed by atoms with Gasteiger partial charge >= 0.3 is 6.18 Å². The maximum atomic E-state index is 13.7. The third-order valence-electron chi connectivity index (χ3n) is 6.92. The number of hydrogen-bond donors (Lipinski definition) is 2. The number of fused-ring (bicyclic) bond motifs is 1. The van der Waals surface area contributed by atoms with Crippen LogP contribution in [-0.4, -0.2) is 60.8 Å². The third-order valence-corrected chi connectivity index (χ3v) is 6.92. The molecule has 2 N–H and O–H groups in total. The highest BCUT2D eigenvalue weighted by Crippen LogP contribution is 2.36. The molecule has 2 aromatic heterocycles. The molecular formula is C23H28F3N9. The standard InChI is InChI=1S/C23H28F3N9/c1-15-7-8-17(11-20(15)35-14-29-32-33-35)30-22-28-13-18(23(24,25)26)21(31-22)27-12-16-5-4-10-34-9-3-2-6-19(16)34/h7-8,11,13-14,16,19H,2-6,9-10,12H2,1H3,(H2,27,28,30,31). The fourth-order valence-corrected chi connectivity index (χ4v) is 5.16. The van der Waals surface area contributed by atoms with Crippen LogP contribution in [-0.2, 0) is 6.18 Å². The molecule has 2 saturated heterocycles. The summed E-state index contributed by atoms with van der Waals surface area (Å²) in [6.45, 7) is 4.53. The summed E-state index contributed by atoms with van der Waals surface area (Å²) < 4.78 is 42.7. The van der Waals surface area contributed by atoms with Crippen LogP contribution in [0.1, 0.15) is 43.2 Å².